The summed E-state index contributed by atoms with van der Waals surface area (Å²) in [6.45, 7) is 4.50. The van der Waals surface area contributed by atoms with Crippen LogP contribution in [0.1, 0.15) is 29.3 Å². The smallest absolute Gasteiger partial charge is 0.255 e. The van der Waals surface area contributed by atoms with Gasteiger partial charge >= 0.3 is 0 Å². The molecule has 0 spiro atoms. The number of benzene rings is 2. The Morgan fingerprint density at radius 2 is 2.04 bits per heavy atom. The fourth-order valence-electron chi connectivity index (χ4n) is 2.12. The molecule has 0 saturated heterocycles. The Morgan fingerprint density at radius 3 is 2.70 bits per heavy atom. The second-order valence-electron chi connectivity index (χ2n) is 5.16. The molecule has 0 fully saturated rings. The van der Waals surface area contributed by atoms with Crippen LogP contribution in [0.25, 0.3) is 0 Å². The first kappa shape index (κ1) is 17.2. The van der Waals surface area contributed by atoms with Crippen LogP contribution in [0.4, 0.5) is 5.69 Å². The summed E-state index contributed by atoms with van der Waals surface area (Å²) in [6.07, 6.45) is 0.856. The first-order valence-corrected chi connectivity index (χ1v) is 7.81. The van der Waals surface area contributed by atoms with Crippen molar-refractivity contribution in [2.75, 3.05) is 19.0 Å². The Kier molecular flexibility index (Phi) is 5.88. The van der Waals surface area contributed by atoms with Crippen molar-refractivity contribution in [2.24, 2.45) is 0 Å². The van der Waals surface area contributed by atoms with E-state index in [4.69, 9.17) is 21.1 Å². The monoisotopic (exact) mass is 333 g/mol. The number of nitrogens with one attached hydrogen (secondary N) is 1. The van der Waals surface area contributed by atoms with Gasteiger partial charge in [0.05, 0.1) is 18.7 Å². The number of methoxy groups -OCH3 is 1. The van der Waals surface area contributed by atoms with E-state index in [0.717, 1.165) is 17.7 Å². The zero-order valence-electron chi connectivity index (χ0n) is 13.5. The summed E-state index contributed by atoms with van der Waals surface area (Å²) < 4.78 is 10.9. The zero-order valence-corrected chi connectivity index (χ0v) is 14.2. The third-order valence-corrected chi connectivity index (χ3v) is 3.50. The minimum Gasteiger partial charge on any atom is -0.493 e. The molecule has 0 bridgehead atoms. The lowest BCUT2D eigenvalue weighted by atomic mass is 10.1. The summed E-state index contributed by atoms with van der Waals surface area (Å²) in [7, 11) is 1.52. The Bertz CT molecular complexity index is 701. The largest absolute Gasteiger partial charge is 0.493 e. The van der Waals surface area contributed by atoms with Gasteiger partial charge in [0, 0.05) is 11.3 Å². The summed E-state index contributed by atoms with van der Waals surface area (Å²) in [5, 5.41) is 3.20. The zero-order chi connectivity index (χ0) is 16.8. The van der Waals surface area contributed by atoms with Crippen LogP contribution in [-0.4, -0.2) is 19.6 Å². The molecule has 2 aromatic rings. The van der Waals surface area contributed by atoms with Crippen molar-refractivity contribution in [1.29, 1.82) is 0 Å². The SMILES string of the molecule is CCCOc1c(Cl)cc(C(=O)Nc2cccc(C)c2)cc1OC. The number of halogens is 1. The fraction of sp³-hybridized carbons (Fsp3) is 0.278. The summed E-state index contributed by atoms with van der Waals surface area (Å²) in [5.41, 5.74) is 2.22. The molecule has 0 aliphatic rings. The summed E-state index contributed by atoms with van der Waals surface area (Å²) in [5.74, 6) is 0.654. The predicted octanol–water partition coefficient (Wildman–Crippen LogP) is 4.70. The highest BCUT2D eigenvalue weighted by Crippen LogP contribution is 2.36. The van der Waals surface area contributed by atoms with Crippen LogP contribution in [0.15, 0.2) is 36.4 Å². The lowest BCUT2D eigenvalue weighted by Gasteiger charge is -2.14. The Hall–Kier alpha value is -2.20. The number of hydrogen-bond acceptors (Lipinski definition) is 3. The van der Waals surface area contributed by atoms with Crippen LogP contribution in [0, 0.1) is 6.92 Å². The van der Waals surface area contributed by atoms with Crippen LogP contribution in [-0.2, 0) is 0 Å². The van der Waals surface area contributed by atoms with E-state index in [1.54, 1.807) is 12.1 Å². The van der Waals surface area contributed by atoms with Crippen LogP contribution in [0.5, 0.6) is 11.5 Å². The van der Waals surface area contributed by atoms with Gasteiger partial charge in [0.1, 0.15) is 0 Å². The maximum absolute atomic E-state index is 12.4. The highest BCUT2D eigenvalue weighted by molar-refractivity contribution is 6.32. The van der Waals surface area contributed by atoms with E-state index >= 15 is 0 Å². The molecule has 1 N–H and O–H groups in total. The average molecular weight is 334 g/mol. The predicted molar refractivity (Wildman–Crippen MR) is 92.9 cm³/mol. The first-order valence-electron chi connectivity index (χ1n) is 7.43. The lowest BCUT2D eigenvalue weighted by Crippen LogP contribution is -2.12. The second-order valence-corrected chi connectivity index (χ2v) is 5.57. The van der Waals surface area contributed by atoms with Gasteiger partial charge in [0.25, 0.3) is 5.91 Å². The molecule has 0 radical (unpaired) electrons. The quantitative estimate of drug-likeness (QED) is 0.833. The van der Waals surface area contributed by atoms with E-state index in [-0.39, 0.29) is 5.91 Å². The van der Waals surface area contributed by atoms with Crippen molar-refractivity contribution in [2.45, 2.75) is 20.3 Å². The fourth-order valence-corrected chi connectivity index (χ4v) is 2.39. The standard InChI is InChI=1S/C18H20ClNO3/c1-4-8-23-17-15(19)10-13(11-16(17)22-3)18(21)20-14-7-5-6-12(2)9-14/h5-7,9-11H,4,8H2,1-3H3,(H,20,21). The van der Waals surface area contributed by atoms with Gasteiger partial charge in [0.2, 0.25) is 0 Å². The van der Waals surface area contributed by atoms with Gasteiger partial charge in [-0.1, -0.05) is 30.7 Å². The molecule has 2 aromatic carbocycles. The molecule has 0 aliphatic heterocycles. The van der Waals surface area contributed by atoms with Crippen LogP contribution < -0.4 is 14.8 Å². The molecule has 122 valence electrons. The topological polar surface area (TPSA) is 47.6 Å². The average Bonchev–Trinajstić information content (AvgIpc) is 2.53. The lowest BCUT2D eigenvalue weighted by molar-refractivity contribution is 0.102. The van der Waals surface area contributed by atoms with Gasteiger partial charge in [-0.15, -0.1) is 0 Å². The van der Waals surface area contributed by atoms with Crippen molar-refractivity contribution >= 4 is 23.2 Å². The van der Waals surface area contributed by atoms with Gasteiger partial charge in [-0.2, -0.15) is 0 Å². The Morgan fingerprint density at radius 1 is 1.26 bits per heavy atom. The van der Waals surface area contributed by atoms with E-state index in [1.165, 1.54) is 7.11 Å². The minimum absolute atomic E-state index is 0.252. The van der Waals surface area contributed by atoms with Crippen LogP contribution >= 0.6 is 11.6 Å². The van der Waals surface area contributed by atoms with Gasteiger partial charge in [0.15, 0.2) is 11.5 Å². The molecule has 4 nitrogen and oxygen atoms in total. The third-order valence-electron chi connectivity index (χ3n) is 3.22. The summed E-state index contributed by atoms with van der Waals surface area (Å²) in [6, 6.07) is 10.8. The molecule has 0 heterocycles. The summed E-state index contributed by atoms with van der Waals surface area (Å²) >= 11 is 6.24. The van der Waals surface area contributed by atoms with E-state index in [1.807, 2.05) is 38.1 Å². The first-order chi connectivity index (χ1) is 11.0. The van der Waals surface area contributed by atoms with Gasteiger partial charge in [-0.05, 0) is 43.2 Å². The van der Waals surface area contributed by atoms with Crippen LogP contribution in [0.3, 0.4) is 0 Å². The molecule has 23 heavy (non-hydrogen) atoms. The molecular formula is C18H20ClNO3. The normalized spacial score (nSPS) is 10.3. The van der Waals surface area contributed by atoms with Crippen molar-refractivity contribution in [3.8, 4) is 11.5 Å². The Labute approximate surface area is 141 Å². The van der Waals surface area contributed by atoms with Crippen molar-refractivity contribution in [3.05, 3.63) is 52.5 Å². The molecule has 1 amide bonds. The van der Waals surface area contributed by atoms with E-state index in [2.05, 4.69) is 5.32 Å². The maximum Gasteiger partial charge on any atom is 0.255 e. The highest BCUT2D eigenvalue weighted by atomic mass is 35.5. The second kappa shape index (κ2) is 7.88. The molecular weight excluding hydrogens is 314 g/mol. The van der Waals surface area contributed by atoms with Crippen molar-refractivity contribution < 1.29 is 14.3 Å². The number of carbonyl (C=O) groups excluding carboxylic acids is 1. The highest BCUT2D eigenvalue weighted by Gasteiger charge is 2.16. The number of anilines is 1. The molecule has 0 aliphatic carbocycles. The Balaban J connectivity index is 2.25. The molecule has 0 saturated carbocycles. The van der Waals surface area contributed by atoms with Crippen molar-refractivity contribution in [1.82, 2.24) is 0 Å². The molecule has 5 heteroatoms. The van der Waals surface area contributed by atoms with Gasteiger partial charge in [-0.3, -0.25) is 4.79 Å². The number of ether oxygens (including phenoxy) is 2. The van der Waals surface area contributed by atoms with Crippen molar-refractivity contribution in [3.63, 3.8) is 0 Å². The number of carbonyl (C=O) groups is 1. The number of amides is 1. The third kappa shape index (κ3) is 4.39. The minimum atomic E-state index is -0.252. The number of hydrogen-bond donors (Lipinski definition) is 1. The van der Waals surface area contributed by atoms with Gasteiger partial charge in [-0.25, -0.2) is 0 Å². The maximum atomic E-state index is 12.4. The van der Waals surface area contributed by atoms with E-state index < -0.39 is 0 Å². The molecule has 0 atom stereocenters. The number of rotatable bonds is 6. The van der Waals surface area contributed by atoms with E-state index in [0.29, 0.717) is 28.7 Å². The van der Waals surface area contributed by atoms with Crippen LogP contribution in [0.2, 0.25) is 5.02 Å². The summed E-state index contributed by atoms with van der Waals surface area (Å²) in [4.78, 5) is 12.4. The number of aryl methyl sites for hydroxylation is 1. The van der Waals surface area contributed by atoms with Gasteiger partial charge < -0.3 is 14.8 Å². The molecule has 0 aromatic heterocycles. The van der Waals surface area contributed by atoms with E-state index in [9.17, 15) is 4.79 Å². The molecule has 0 unspecified atom stereocenters. The molecule has 2 rings (SSSR count).